The minimum absolute atomic E-state index is 0.149. The number of rotatable bonds is 7. The number of halogens is 1. The molecule has 1 saturated carbocycles. The molecule has 1 amide bonds. The maximum Gasteiger partial charge on any atom is 0.290 e. The van der Waals surface area contributed by atoms with Gasteiger partial charge in [-0.15, -0.1) is 0 Å². The molecule has 0 aromatic carbocycles. The summed E-state index contributed by atoms with van der Waals surface area (Å²) in [5, 5.41) is 12.8. The minimum Gasteiger partial charge on any atom is -0.483 e. The number of carboxylic acid groups (broad SMARTS) is 1. The number of anilines is 1. The summed E-state index contributed by atoms with van der Waals surface area (Å²) in [5.41, 5.74) is 1.82. The Morgan fingerprint density at radius 2 is 2.00 bits per heavy atom. The molecule has 0 unspecified atom stereocenters. The van der Waals surface area contributed by atoms with E-state index in [2.05, 4.69) is 27.2 Å². The topological polar surface area (TPSA) is 104 Å². The summed E-state index contributed by atoms with van der Waals surface area (Å²) >= 11 is 0. The molecule has 0 atom stereocenters. The summed E-state index contributed by atoms with van der Waals surface area (Å²) in [6.07, 6.45) is 11.2. The Balaban J connectivity index is 0.00000141. The SMILES string of the molecule is C=C(/C=C(C)/C(=C/CC)C(=O)NC)c1nc(NC2CCCCC2)ncc1F.O=CO. The molecular formula is C22H31FN4O3. The highest BCUT2D eigenvalue weighted by Crippen LogP contribution is 2.23. The van der Waals surface area contributed by atoms with E-state index in [4.69, 9.17) is 9.90 Å². The zero-order valence-corrected chi connectivity index (χ0v) is 17.9. The van der Waals surface area contributed by atoms with Crippen LogP contribution in [0.5, 0.6) is 0 Å². The summed E-state index contributed by atoms with van der Waals surface area (Å²) in [4.78, 5) is 28.8. The van der Waals surface area contributed by atoms with Crippen LogP contribution in [0.4, 0.5) is 10.3 Å². The predicted octanol–water partition coefficient (Wildman–Crippen LogP) is 4.10. The van der Waals surface area contributed by atoms with Crippen LogP contribution in [0.3, 0.4) is 0 Å². The molecule has 3 N–H and O–H groups in total. The molecule has 1 aliphatic rings. The van der Waals surface area contributed by atoms with E-state index in [1.165, 1.54) is 25.5 Å². The lowest BCUT2D eigenvalue weighted by molar-refractivity contribution is -0.123. The highest BCUT2D eigenvalue weighted by atomic mass is 19.1. The zero-order valence-electron chi connectivity index (χ0n) is 17.9. The molecule has 0 aliphatic heterocycles. The van der Waals surface area contributed by atoms with Crippen molar-refractivity contribution in [3.05, 3.63) is 47.6 Å². The molecule has 1 heterocycles. The van der Waals surface area contributed by atoms with Gasteiger partial charge in [0.2, 0.25) is 5.95 Å². The molecule has 1 aromatic rings. The largest absolute Gasteiger partial charge is 0.483 e. The summed E-state index contributed by atoms with van der Waals surface area (Å²) in [6, 6.07) is 0.329. The lowest BCUT2D eigenvalue weighted by Crippen LogP contribution is -2.23. The van der Waals surface area contributed by atoms with Gasteiger partial charge in [-0.25, -0.2) is 14.4 Å². The van der Waals surface area contributed by atoms with Gasteiger partial charge in [-0.1, -0.05) is 38.8 Å². The fourth-order valence-electron chi connectivity index (χ4n) is 3.27. The van der Waals surface area contributed by atoms with Crippen molar-refractivity contribution in [3.8, 4) is 0 Å². The number of hydrogen-bond donors (Lipinski definition) is 3. The standard InChI is InChI=1S/C21H29FN4O.CH2O2/c1-5-9-17(20(27)23-4)14(2)12-15(3)19-18(22)13-24-21(26-19)25-16-10-7-6-8-11-16;2-1-3/h9,12-13,16H,3,5-8,10-11H2,1-2,4H3,(H,23,27)(H,24,25,26);1H,(H,2,3)/b14-12+,17-9-;. The number of nitrogens with zero attached hydrogens (tertiary/aromatic N) is 2. The number of nitrogens with one attached hydrogen (secondary N) is 2. The van der Waals surface area contributed by atoms with E-state index in [-0.39, 0.29) is 18.1 Å². The average molecular weight is 419 g/mol. The van der Waals surface area contributed by atoms with E-state index in [1.807, 2.05) is 19.9 Å². The lowest BCUT2D eigenvalue weighted by atomic mass is 9.96. The maximum absolute atomic E-state index is 14.3. The van der Waals surface area contributed by atoms with Gasteiger partial charge >= 0.3 is 0 Å². The Labute approximate surface area is 177 Å². The van der Waals surface area contributed by atoms with Crippen LogP contribution in [0.1, 0.15) is 58.1 Å². The zero-order chi connectivity index (χ0) is 22.5. The summed E-state index contributed by atoms with van der Waals surface area (Å²) in [7, 11) is 1.58. The minimum atomic E-state index is -0.529. The van der Waals surface area contributed by atoms with Gasteiger partial charge in [-0.3, -0.25) is 9.59 Å². The normalized spacial score (nSPS) is 14.9. The van der Waals surface area contributed by atoms with E-state index >= 15 is 0 Å². The highest BCUT2D eigenvalue weighted by Gasteiger charge is 2.16. The van der Waals surface area contributed by atoms with Crippen LogP contribution < -0.4 is 10.6 Å². The fraction of sp³-hybridized carbons (Fsp3) is 0.455. The molecule has 1 fully saturated rings. The predicted molar refractivity (Wildman–Crippen MR) is 116 cm³/mol. The molecule has 2 rings (SSSR count). The quantitative estimate of drug-likeness (QED) is 0.350. The number of amides is 1. The average Bonchev–Trinajstić information content (AvgIpc) is 2.74. The highest BCUT2D eigenvalue weighted by molar-refractivity contribution is 5.98. The summed E-state index contributed by atoms with van der Waals surface area (Å²) < 4.78 is 14.3. The van der Waals surface area contributed by atoms with Crippen LogP contribution in [0.15, 0.2) is 36.1 Å². The second-order valence-corrected chi connectivity index (χ2v) is 6.93. The first-order valence-corrected chi connectivity index (χ1v) is 10.0. The van der Waals surface area contributed by atoms with Crippen LogP contribution in [-0.4, -0.2) is 40.5 Å². The van der Waals surface area contributed by atoms with Gasteiger partial charge in [0.25, 0.3) is 12.4 Å². The molecule has 0 spiro atoms. The molecule has 8 heteroatoms. The van der Waals surface area contributed by atoms with Gasteiger partial charge < -0.3 is 15.7 Å². The fourth-order valence-corrected chi connectivity index (χ4v) is 3.27. The number of allylic oxidation sites excluding steroid dienone is 3. The Morgan fingerprint density at radius 3 is 2.57 bits per heavy atom. The molecule has 30 heavy (non-hydrogen) atoms. The van der Waals surface area contributed by atoms with Crippen LogP contribution in [0.2, 0.25) is 0 Å². The van der Waals surface area contributed by atoms with E-state index < -0.39 is 5.82 Å². The molecular weight excluding hydrogens is 387 g/mol. The molecule has 164 valence electrons. The Kier molecular flexibility index (Phi) is 11.0. The maximum atomic E-state index is 14.3. The molecule has 7 nitrogen and oxygen atoms in total. The first-order valence-electron chi connectivity index (χ1n) is 10.0. The van der Waals surface area contributed by atoms with Crippen molar-refractivity contribution < 1.29 is 19.1 Å². The van der Waals surface area contributed by atoms with Gasteiger partial charge in [0.1, 0.15) is 5.69 Å². The third-order valence-corrected chi connectivity index (χ3v) is 4.68. The van der Waals surface area contributed by atoms with Crippen LogP contribution in [0.25, 0.3) is 5.57 Å². The Bertz CT molecular complexity index is 800. The van der Waals surface area contributed by atoms with Crippen LogP contribution in [-0.2, 0) is 9.59 Å². The smallest absolute Gasteiger partial charge is 0.290 e. The van der Waals surface area contributed by atoms with Gasteiger partial charge in [0.15, 0.2) is 5.82 Å². The monoisotopic (exact) mass is 418 g/mol. The number of hydrogen-bond acceptors (Lipinski definition) is 5. The van der Waals surface area contributed by atoms with Crippen LogP contribution >= 0.6 is 0 Å². The molecule has 1 aromatic heterocycles. The van der Waals surface area contributed by atoms with E-state index in [0.717, 1.165) is 19.3 Å². The summed E-state index contributed by atoms with van der Waals surface area (Å²) in [6.45, 7) is 7.46. The number of carbonyl (C=O) groups excluding carboxylic acids is 1. The number of carbonyl (C=O) groups is 2. The van der Waals surface area contributed by atoms with Gasteiger partial charge in [0.05, 0.1) is 6.20 Å². The van der Waals surface area contributed by atoms with Crippen molar-refractivity contribution in [2.75, 3.05) is 12.4 Å². The third kappa shape index (κ3) is 7.77. The Morgan fingerprint density at radius 1 is 1.37 bits per heavy atom. The van der Waals surface area contributed by atoms with E-state index in [0.29, 0.717) is 28.7 Å². The van der Waals surface area contributed by atoms with Crippen molar-refractivity contribution in [2.24, 2.45) is 0 Å². The van der Waals surface area contributed by atoms with Crippen molar-refractivity contribution in [3.63, 3.8) is 0 Å². The van der Waals surface area contributed by atoms with E-state index in [1.54, 1.807) is 13.1 Å². The van der Waals surface area contributed by atoms with Gasteiger partial charge in [-0.2, -0.15) is 0 Å². The molecule has 0 bridgehead atoms. The molecule has 0 radical (unpaired) electrons. The van der Waals surface area contributed by atoms with Crippen LogP contribution in [0, 0.1) is 5.82 Å². The second-order valence-electron chi connectivity index (χ2n) is 6.93. The summed E-state index contributed by atoms with van der Waals surface area (Å²) in [5.74, 6) is -0.290. The van der Waals surface area contributed by atoms with Gasteiger partial charge in [0, 0.05) is 18.7 Å². The van der Waals surface area contributed by atoms with Crippen molar-refractivity contribution >= 4 is 23.9 Å². The number of aromatic nitrogens is 2. The molecule has 1 aliphatic carbocycles. The first kappa shape index (κ1) is 25.0. The number of likely N-dealkylation sites (N-methyl/N-ethyl adjacent to an activating group) is 1. The van der Waals surface area contributed by atoms with E-state index in [9.17, 15) is 9.18 Å². The first-order chi connectivity index (χ1) is 14.4. The van der Waals surface area contributed by atoms with Crippen molar-refractivity contribution in [1.82, 2.24) is 15.3 Å². The lowest BCUT2D eigenvalue weighted by Gasteiger charge is -2.22. The third-order valence-electron chi connectivity index (χ3n) is 4.68. The second kappa shape index (κ2) is 13.2. The van der Waals surface area contributed by atoms with Crippen molar-refractivity contribution in [1.29, 1.82) is 0 Å². The molecule has 0 saturated heterocycles. The Hall–Kier alpha value is -3.03. The van der Waals surface area contributed by atoms with Crippen molar-refractivity contribution in [2.45, 2.75) is 58.4 Å². The van der Waals surface area contributed by atoms with Gasteiger partial charge in [-0.05, 0) is 43.4 Å².